The molecule has 1 saturated carbocycles. The predicted octanol–water partition coefficient (Wildman–Crippen LogP) is 2.55. The van der Waals surface area contributed by atoms with E-state index in [0.717, 1.165) is 45.3 Å². The summed E-state index contributed by atoms with van der Waals surface area (Å²) in [5.74, 6) is 0.944. The summed E-state index contributed by atoms with van der Waals surface area (Å²) in [6, 6.07) is 4.78. The van der Waals surface area contributed by atoms with Gasteiger partial charge in [-0.15, -0.1) is 11.6 Å². The molecule has 0 aromatic heterocycles. The van der Waals surface area contributed by atoms with Crippen LogP contribution in [0.1, 0.15) is 69.8 Å². The molecule has 1 aromatic rings. The molecule has 3 aliphatic heterocycles. The average Bonchev–Trinajstić information content (AvgIpc) is 3.61. The van der Waals surface area contributed by atoms with Gasteiger partial charge in [0.25, 0.3) is 0 Å². The van der Waals surface area contributed by atoms with Crippen molar-refractivity contribution >= 4 is 17.5 Å². The summed E-state index contributed by atoms with van der Waals surface area (Å²) in [6.45, 7) is 4.86. The maximum Gasteiger partial charge on any atom is 0.227 e. The molecule has 6 N–H and O–H groups in total. The van der Waals surface area contributed by atoms with E-state index in [1.165, 1.54) is 44.6 Å². The number of carbonyl (C=O) groups excluding carboxylic acids is 1. The van der Waals surface area contributed by atoms with E-state index >= 15 is 0 Å². The molecule has 48 heavy (non-hydrogen) atoms. The number of halogens is 2. The van der Waals surface area contributed by atoms with Gasteiger partial charge in [-0.1, -0.05) is 11.6 Å². The first-order chi connectivity index (χ1) is 23.2. The lowest BCUT2D eigenvalue weighted by molar-refractivity contribution is -0.136. The van der Waals surface area contributed by atoms with Gasteiger partial charge < -0.3 is 35.4 Å². The summed E-state index contributed by atoms with van der Waals surface area (Å²) in [6.07, 6.45) is 7.66. The van der Waals surface area contributed by atoms with Gasteiger partial charge in [0.05, 0.1) is 31.9 Å². The van der Waals surface area contributed by atoms with Crippen molar-refractivity contribution in [3.63, 3.8) is 0 Å². The molecule has 4 fully saturated rings. The molecule has 0 radical (unpaired) electrons. The van der Waals surface area contributed by atoms with E-state index in [2.05, 4.69) is 15.5 Å². The highest BCUT2D eigenvalue weighted by Gasteiger charge is 2.34. The number of piperidine rings is 2. The second-order valence-electron chi connectivity index (χ2n) is 14.3. The number of amides is 1. The van der Waals surface area contributed by atoms with Crippen LogP contribution in [0.2, 0.25) is 0 Å². The summed E-state index contributed by atoms with van der Waals surface area (Å²) in [5, 5.41) is 44.8. The lowest BCUT2D eigenvalue weighted by Crippen LogP contribution is -2.54. The fraction of sp³-hybridized carbons (Fsp3) is 0.750. The standard InChI is InChI=1S/C36H56ClFN4O6/c37-28-17-30(26-5-1-2-6-26)36(40-19-28)41-13-10-24(11-14-41)4-3-15-48-29-8-7-27(31(38)18-29)16-34(46)42-21-25(22-42)9-12-39-20-32(44)35(47)33(45)23-43/h7-8,18,24-25,28,32-33,35-36,39-40,43-45,47H,1-6,9-17,19-23H2/t28?,32?,33?,35-,36?/m0/s1. The van der Waals surface area contributed by atoms with Crippen molar-refractivity contribution in [2.45, 2.75) is 100 Å². The molecule has 1 aliphatic carbocycles. The lowest BCUT2D eigenvalue weighted by atomic mass is 9.89. The highest BCUT2D eigenvalue weighted by Crippen LogP contribution is 2.35. The zero-order chi connectivity index (χ0) is 34.0. The van der Waals surface area contributed by atoms with Crippen molar-refractivity contribution in [3.05, 3.63) is 40.7 Å². The third-order valence-electron chi connectivity index (χ3n) is 10.7. The highest BCUT2D eigenvalue weighted by atomic mass is 35.5. The third kappa shape index (κ3) is 10.4. The fourth-order valence-electron chi connectivity index (χ4n) is 7.69. The highest BCUT2D eigenvalue weighted by molar-refractivity contribution is 6.21. The molecule has 3 heterocycles. The first-order valence-electron chi connectivity index (χ1n) is 18.1. The Balaban J connectivity index is 0.940. The topological polar surface area (TPSA) is 138 Å². The minimum absolute atomic E-state index is 0.00841. The van der Waals surface area contributed by atoms with Gasteiger partial charge in [-0.05, 0) is 99.8 Å². The number of ether oxygens (including phenoxy) is 1. The second-order valence-corrected chi connectivity index (χ2v) is 14.9. The molecule has 270 valence electrons. The van der Waals surface area contributed by atoms with E-state index in [9.17, 15) is 24.5 Å². The molecule has 4 aliphatic rings. The number of aliphatic hydroxyl groups excluding tert-OH is 4. The number of aliphatic hydroxyl groups is 4. The summed E-state index contributed by atoms with van der Waals surface area (Å²) < 4.78 is 20.8. The van der Waals surface area contributed by atoms with Crippen molar-refractivity contribution in [2.24, 2.45) is 11.8 Å². The summed E-state index contributed by atoms with van der Waals surface area (Å²) in [7, 11) is 0. The molecule has 1 aromatic carbocycles. The first kappa shape index (κ1) is 37.4. The van der Waals surface area contributed by atoms with Crippen LogP contribution >= 0.6 is 11.6 Å². The van der Waals surface area contributed by atoms with E-state index in [1.807, 2.05) is 0 Å². The number of carbonyl (C=O) groups is 1. The smallest absolute Gasteiger partial charge is 0.227 e. The summed E-state index contributed by atoms with van der Waals surface area (Å²) in [4.78, 5) is 17.1. The Morgan fingerprint density at radius 3 is 2.54 bits per heavy atom. The second kappa shape index (κ2) is 18.4. The number of hydrogen-bond donors (Lipinski definition) is 6. The van der Waals surface area contributed by atoms with Gasteiger partial charge in [-0.2, -0.15) is 0 Å². The van der Waals surface area contributed by atoms with Crippen molar-refractivity contribution < 1.29 is 34.3 Å². The Morgan fingerprint density at radius 2 is 1.83 bits per heavy atom. The van der Waals surface area contributed by atoms with E-state index in [0.29, 0.717) is 55.6 Å². The van der Waals surface area contributed by atoms with Gasteiger partial charge in [0.1, 0.15) is 23.8 Å². The Morgan fingerprint density at radius 1 is 1.08 bits per heavy atom. The van der Waals surface area contributed by atoms with Gasteiger partial charge in [0, 0.05) is 50.7 Å². The molecule has 5 rings (SSSR count). The van der Waals surface area contributed by atoms with E-state index in [-0.39, 0.29) is 24.2 Å². The Bertz CT molecular complexity index is 1200. The van der Waals surface area contributed by atoms with Crippen molar-refractivity contribution in [1.82, 2.24) is 20.4 Å². The molecule has 0 bridgehead atoms. The van der Waals surface area contributed by atoms with E-state index < -0.39 is 30.7 Å². The van der Waals surface area contributed by atoms with Crippen LogP contribution in [0.15, 0.2) is 29.3 Å². The van der Waals surface area contributed by atoms with Crippen LogP contribution in [0.25, 0.3) is 0 Å². The van der Waals surface area contributed by atoms with Gasteiger partial charge in [-0.25, -0.2) is 4.39 Å². The van der Waals surface area contributed by atoms with Crippen molar-refractivity contribution in [1.29, 1.82) is 0 Å². The number of nitrogens with one attached hydrogen (secondary N) is 2. The zero-order valence-corrected chi connectivity index (χ0v) is 28.9. The summed E-state index contributed by atoms with van der Waals surface area (Å²) in [5.41, 5.74) is 3.58. The Kier molecular flexibility index (Phi) is 14.4. The predicted molar refractivity (Wildman–Crippen MR) is 183 cm³/mol. The molecule has 5 atom stereocenters. The SMILES string of the molecule is O=C(Cc1ccc(OCCCC2CCN(C3NCC(Cl)CC3=C3CCCC3)CC2)cc1F)N1CC(CCNCC(O)[C@H](O)C(O)CO)C1. The van der Waals surface area contributed by atoms with Gasteiger partial charge >= 0.3 is 0 Å². The molecule has 4 unspecified atom stereocenters. The molecule has 12 heteroatoms. The molecular weight excluding hydrogens is 639 g/mol. The lowest BCUT2D eigenvalue weighted by Gasteiger charge is -2.42. The Hall–Kier alpha value is -1.83. The molecule has 3 saturated heterocycles. The monoisotopic (exact) mass is 694 g/mol. The molecule has 10 nitrogen and oxygen atoms in total. The van der Waals surface area contributed by atoms with Crippen molar-refractivity contribution in [2.75, 3.05) is 59.0 Å². The van der Waals surface area contributed by atoms with Crippen LogP contribution in [0.4, 0.5) is 4.39 Å². The maximum absolute atomic E-state index is 14.9. The third-order valence-corrected chi connectivity index (χ3v) is 11.0. The number of allylic oxidation sites excluding steroid dienone is 1. The van der Waals surface area contributed by atoms with E-state index in [1.54, 1.807) is 28.2 Å². The quantitative estimate of drug-likeness (QED) is 0.0877. The number of likely N-dealkylation sites (tertiary alicyclic amines) is 2. The normalized spacial score (nSPS) is 24.8. The fourth-order valence-corrected chi connectivity index (χ4v) is 7.95. The molecule has 1 amide bonds. The van der Waals surface area contributed by atoms with Crippen LogP contribution in [0, 0.1) is 17.7 Å². The van der Waals surface area contributed by atoms with Gasteiger partial charge in [0.2, 0.25) is 5.91 Å². The number of nitrogens with zero attached hydrogens (tertiary/aromatic N) is 2. The van der Waals surface area contributed by atoms with Crippen LogP contribution in [0.5, 0.6) is 5.75 Å². The van der Waals surface area contributed by atoms with Crippen LogP contribution in [0.3, 0.4) is 0 Å². The number of rotatable bonds is 16. The largest absolute Gasteiger partial charge is 0.493 e. The van der Waals surface area contributed by atoms with E-state index in [4.69, 9.17) is 21.4 Å². The minimum Gasteiger partial charge on any atom is -0.493 e. The first-order valence-corrected chi connectivity index (χ1v) is 18.5. The van der Waals surface area contributed by atoms with Crippen LogP contribution in [-0.4, -0.2) is 125 Å². The molecular formula is C36H56ClFN4O6. The molecule has 0 spiro atoms. The minimum atomic E-state index is -1.42. The Labute approximate surface area is 289 Å². The maximum atomic E-state index is 14.9. The van der Waals surface area contributed by atoms with Crippen molar-refractivity contribution in [3.8, 4) is 5.75 Å². The number of hydrogen-bond acceptors (Lipinski definition) is 9. The number of alkyl halides is 1. The zero-order valence-electron chi connectivity index (χ0n) is 28.2. The van der Waals surface area contributed by atoms with Gasteiger partial charge in [-0.3, -0.25) is 15.0 Å². The number of benzene rings is 1. The average molecular weight is 695 g/mol. The summed E-state index contributed by atoms with van der Waals surface area (Å²) >= 11 is 6.55. The van der Waals surface area contributed by atoms with Gasteiger partial charge in [0.15, 0.2) is 0 Å². The van der Waals surface area contributed by atoms with Crippen LogP contribution in [-0.2, 0) is 11.2 Å². The van der Waals surface area contributed by atoms with Crippen LogP contribution < -0.4 is 15.4 Å².